The molecule has 1 unspecified atom stereocenters. The number of carbonyl (C=O) groups excluding carboxylic acids is 1. The molecule has 1 fully saturated rings. The molecule has 1 aliphatic heterocycles. The Bertz CT molecular complexity index is 388. The number of halogens is 1. The van der Waals surface area contributed by atoms with Crippen molar-refractivity contribution in [3.8, 4) is 0 Å². The standard InChI is InChI=1S/C14H18FNO/c1-2-4-14(17)16-10-3-5-13(16)11-6-8-12(15)9-7-11/h6-9,13H,2-5,10H2,1H3. The van der Waals surface area contributed by atoms with Gasteiger partial charge in [0.25, 0.3) is 0 Å². The molecule has 0 saturated carbocycles. The van der Waals surface area contributed by atoms with E-state index in [0.717, 1.165) is 31.4 Å². The molecule has 1 saturated heterocycles. The topological polar surface area (TPSA) is 20.3 Å². The Morgan fingerprint density at radius 1 is 1.41 bits per heavy atom. The number of rotatable bonds is 3. The van der Waals surface area contributed by atoms with Crippen LogP contribution in [0, 0.1) is 5.82 Å². The molecular formula is C14H18FNO. The van der Waals surface area contributed by atoms with Gasteiger partial charge in [0.05, 0.1) is 6.04 Å². The third-order valence-electron chi connectivity index (χ3n) is 3.29. The Morgan fingerprint density at radius 2 is 2.12 bits per heavy atom. The second-order valence-corrected chi connectivity index (χ2v) is 4.55. The van der Waals surface area contributed by atoms with Gasteiger partial charge in [-0.25, -0.2) is 4.39 Å². The number of amides is 1. The van der Waals surface area contributed by atoms with Gasteiger partial charge in [0.2, 0.25) is 5.91 Å². The first kappa shape index (κ1) is 12.1. The lowest BCUT2D eigenvalue weighted by Gasteiger charge is -2.25. The van der Waals surface area contributed by atoms with E-state index in [9.17, 15) is 9.18 Å². The van der Waals surface area contributed by atoms with E-state index in [4.69, 9.17) is 0 Å². The summed E-state index contributed by atoms with van der Waals surface area (Å²) < 4.78 is 12.9. The van der Waals surface area contributed by atoms with Crippen LogP contribution in [0.1, 0.15) is 44.2 Å². The third kappa shape index (κ3) is 2.65. The van der Waals surface area contributed by atoms with Crippen LogP contribution in [0.15, 0.2) is 24.3 Å². The highest BCUT2D eigenvalue weighted by molar-refractivity contribution is 5.77. The number of carbonyl (C=O) groups is 1. The van der Waals surface area contributed by atoms with Gasteiger partial charge in [-0.3, -0.25) is 4.79 Å². The number of benzene rings is 1. The Hall–Kier alpha value is -1.38. The third-order valence-corrected chi connectivity index (χ3v) is 3.29. The van der Waals surface area contributed by atoms with Crippen LogP contribution >= 0.6 is 0 Å². The van der Waals surface area contributed by atoms with Crippen LogP contribution in [0.25, 0.3) is 0 Å². The van der Waals surface area contributed by atoms with Crippen molar-refractivity contribution in [2.75, 3.05) is 6.54 Å². The highest BCUT2D eigenvalue weighted by Gasteiger charge is 2.29. The lowest BCUT2D eigenvalue weighted by atomic mass is 10.0. The van der Waals surface area contributed by atoms with Crippen molar-refractivity contribution in [3.05, 3.63) is 35.6 Å². The number of hydrogen-bond acceptors (Lipinski definition) is 1. The molecule has 3 heteroatoms. The van der Waals surface area contributed by atoms with Crippen molar-refractivity contribution in [1.82, 2.24) is 4.90 Å². The van der Waals surface area contributed by atoms with E-state index in [-0.39, 0.29) is 17.8 Å². The second kappa shape index (κ2) is 5.30. The molecule has 1 atom stereocenters. The Morgan fingerprint density at radius 3 is 2.76 bits per heavy atom. The van der Waals surface area contributed by atoms with Crippen molar-refractivity contribution in [3.63, 3.8) is 0 Å². The first-order valence-corrected chi connectivity index (χ1v) is 6.27. The van der Waals surface area contributed by atoms with Crippen molar-refractivity contribution in [2.24, 2.45) is 0 Å². The molecule has 0 spiro atoms. The van der Waals surface area contributed by atoms with Gasteiger partial charge in [-0.05, 0) is 37.0 Å². The summed E-state index contributed by atoms with van der Waals surface area (Å²) in [5.41, 5.74) is 1.05. The van der Waals surface area contributed by atoms with Crippen molar-refractivity contribution in [2.45, 2.75) is 38.6 Å². The largest absolute Gasteiger partial charge is 0.336 e. The minimum Gasteiger partial charge on any atom is -0.336 e. The monoisotopic (exact) mass is 235 g/mol. The second-order valence-electron chi connectivity index (χ2n) is 4.55. The average molecular weight is 235 g/mol. The molecule has 0 N–H and O–H groups in total. The van der Waals surface area contributed by atoms with E-state index >= 15 is 0 Å². The summed E-state index contributed by atoms with van der Waals surface area (Å²) in [4.78, 5) is 13.9. The molecular weight excluding hydrogens is 217 g/mol. The van der Waals surface area contributed by atoms with Gasteiger partial charge in [0.15, 0.2) is 0 Å². The van der Waals surface area contributed by atoms with Gasteiger partial charge < -0.3 is 4.90 Å². The van der Waals surface area contributed by atoms with E-state index < -0.39 is 0 Å². The molecule has 1 aromatic carbocycles. The Labute approximate surface area is 101 Å². The predicted molar refractivity (Wildman–Crippen MR) is 65.0 cm³/mol. The van der Waals surface area contributed by atoms with Gasteiger partial charge in [0, 0.05) is 13.0 Å². The summed E-state index contributed by atoms with van der Waals surface area (Å²) in [5, 5.41) is 0. The molecule has 0 radical (unpaired) electrons. The fourth-order valence-corrected chi connectivity index (χ4v) is 2.45. The van der Waals surface area contributed by atoms with Gasteiger partial charge in [0.1, 0.15) is 5.82 Å². The number of likely N-dealkylation sites (tertiary alicyclic amines) is 1. The van der Waals surface area contributed by atoms with E-state index in [2.05, 4.69) is 0 Å². The van der Waals surface area contributed by atoms with Gasteiger partial charge in [-0.2, -0.15) is 0 Å². The molecule has 1 aliphatic rings. The van der Waals surface area contributed by atoms with Crippen LogP contribution < -0.4 is 0 Å². The zero-order valence-corrected chi connectivity index (χ0v) is 10.2. The smallest absolute Gasteiger partial charge is 0.223 e. The van der Waals surface area contributed by atoms with Crippen molar-refractivity contribution in [1.29, 1.82) is 0 Å². The van der Waals surface area contributed by atoms with Crippen molar-refractivity contribution >= 4 is 5.91 Å². The Kier molecular flexibility index (Phi) is 3.77. The van der Waals surface area contributed by atoms with Crippen molar-refractivity contribution < 1.29 is 9.18 Å². The summed E-state index contributed by atoms with van der Waals surface area (Å²) in [6.07, 6.45) is 3.52. The summed E-state index contributed by atoms with van der Waals surface area (Å²) in [6.45, 7) is 2.85. The van der Waals surface area contributed by atoms with Crippen LogP contribution in [-0.4, -0.2) is 17.4 Å². The summed E-state index contributed by atoms with van der Waals surface area (Å²) in [5.74, 6) is -0.00231. The normalized spacial score (nSPS) is 19.6. The van der Waals surface area contributed by atoms with E-state index in [1.54, 1.807) is 12.1 Å². The fraction of sp³-hybridized carbons (Fsp3) is 0.500. The van der Waals surface area contributed by atoms with Gasteiger partial charge in [-0.1, -0.05) is 19.1 Å². The van der Waals surface area contributed by atoms with Crippen LogP contribution in [0.5, 0.6) is 0 Å². The van der Waals surface area contributed by atoms with E-state index in [1.165, 1.54) is 12.1 Å². The zero-order valence-electron chi connectivity index (χ0n) is 10.2. The maximum atomic E-state index is 12.9. The predicted octanol–water partition coefficient (Wildman–Crippen LogP) is 3.29. The zero-order chi connectivity index (χ0) is 12.3. The molecule has 0 aliphatic carbocycles. The average Bonchev–Trinajstić information content (AvgIpc) is 2.79. The molecule has 1 amide bonds. The molecule has 2 rings (SSSR count). The quantitative estimate of drug-likeness (QED) is 0.787. The lowest BCUT2D eigenvalue weighted by molar-refractivity contribution is -0.132. The minimum atomic E-state index is -0.224. The van der Waals surface area contributed by atoms with Gasteiger partial charge >= 0.3 is 0 Å². The minimum absolute atomic E-state index is 0.148. The maximum absolute atomic E-state index is 12.9. The van der Waals surface area contributed by atoms with E-state index in [0.29, 0.717) is 6.42 Å². The SMILES string of the molecule is CCCC(=O)N1CCCC1c1ccc(F)cc1. The molecule has 0 aromatic heterocycles. The molecule has 2 nitrogen and oxygen atoms in total. The van der Waals surface area contributed by atoms with Crippen LogP contribution in [0.3, 0.4) is 0 Å². The van der Waals surface area contributed by atoms with Gasteiger partial charge in [-0.15, -0.1) is 0 Å². The maximum Gasteiger partial charge on any atom is 0.223 e. The van der Waals surface area contributed by atoms with Crippen LogP contribution in [-0.2, 0) is 4.79 Å². The summed E-state index contributed by atoms with van der Waals surface area (Å²) >= 11 is 0. The summed E-state index contributed by atoms with van der Waals surface area (Å²) in [7, 11) is 0. The number of hydrogen-bond donors (Lipinski definition) is 0. The van der Waals surface area contributed by atoms with E-state index in [1.807, 2.05) is 11.8 Å². The molecule has 92 valence electrons. The molecule has 1 aromatic rings. The number of nitrogens with zero attached hydrogens (tertiary/aromatic N) is 1. The highest BCUT2D eigenvalue weighted by atomic mass is 19.1. The Balaban J connectivity index is 2.14. The fourth-order valence-electron chi connectivity index (χ4n) is 2.45. The van der Waals surface area contributed by atoms with Crippen LogP contribution in [0.2, 0.25) is 0 Å². The molecule has 1 heterocycles. The summed E-state index contributed by atoms with van der Waals surface area (Å²) in [6, 6.07) is 6.66. The van der Waals surface area contributed by atoms with Crippen LogP contribution in [0.4, 0.5) is 4.39 Å². The lowest BCUT2D eigenvalue weighted by Crippen LogP contribution is -2.30. The highest BCUT2D eigenvalue weighted by Crippen LogP contribution is 2.32. The molecule has 0 bridgehead atoms. The molecule has 17 heavy (non-hydrogen) atoms. The first-order valence-electron chi connectivity index (χ1n) is 6.27. The first-order chi connectivity index (χ1) is 8.22.